The molecule has 17 heavy (non-hydrogen) atoms. The van der Waals surface area contributed by atoms with Gasteiger partial charge in [-0.1, -0.05) is 0 Å². The van der Waals surface area contributed by atoms with E-state index in [9.17, 15) is 4.79 Å². The van der Waals surface area contributed by atoms with E-state index in [1.807, 2.05) is 12.1 Å². The minimum atomic E-state index is -1.04. The average molecular weight is 246 g/mol. The van der Waals surface area contributed by atoms with Crippen molar-refractivity contribution in [3.8, 4) is 10.8 Å². The molecule has 0 aromatic carbocycles. The second-order valence-corrected chi connectivity index (χ2v) is 4.23. The fraction of sp³-hybridized carbons (Fsp3) is 0. The SMILES string of the molecule is O=C(O)c1csc(-c2cc3ccncc3o2)n1. The fourth-order valence-corrected chi connectivity index (χ4v) is 2.22. The molecular formula is C11H6N2O3S. The van der Waals surface area contributed by atoms with Gasteiger partial charge in [0.1, 0.15) is 0 Å². The van der Waals surface area contributed by atoms with Crippen molar-refractivity contribution in [3.63, 3.8) is 0 Å². The second-order valence-electron chi connectivity index (χ2n) is 3.37. The Morgan fingerprint density at radius 2 is 2.35 bits per heavy atom. The number of hydrogen-bond donors (Lipinski definition) is 1. The maximum atomic E-state index is 10.7. The van der Waals surface area contributed by atoms with Gasteiger partial charge in [0.2, 0.25) is 0 Å². The van der Waals surface area contributed by atoms with E-state index in [0.29, 0.717) is 16.4 Å². The van der Waals surface area contributed by atoms with Crippen LogP contribution in [0.1, 0.15) is 10.5 Å². The van der Waals surface area contributed by atoms with Crippen molar-refractivity contribution in [3.05, 3.63) is 35.6 Å². The Labute approximate surface area is 99.4 Å². The molecule has 3 heterocycles. The van der Waals surface area contributed by atoms with Crippen LogP contribution in [-0.2, 0) is 0 Å². The van der Waals surface area contributed by atoms with Gasteiger partial charge < -0.3 is 9.52 Å². The fourth-order valence-electron chi connectivity index (χ4n) is 1.47. The van der Waals surface area contributed by atoms with E-state index in [4.69, 9.17) is 9.52 Å². The van der Waals surface area contributed by atoms with Crippen molar-refractivity contribution in [1.29, 1.82) is 0 Å². The van der Waals surface area contributed by atoms with Crippen LogP contribution in [0.4, 0.5) is 0 Å². The van der Waals surface area contributed by atoms with Crippen LogP contribution < -0.4 is 0 Å². The third kappa shape index (κ3) is 1.68. The van der Waals surface area contributed by atoms with Crippen LogP contribution in [0, 0.1) is 0 Å². The third-order valence-electron chi connectivity index (χ3n) is 2.26. The first kappa shape index (κ1) is 9.98. The first-order valence-electron chi connectivity index (χ1n) is 4.77. The van der Waals surface area contributed by atoms with Crippen molar-refractivity contribution in [1.82, 2.24) is 9.97 Å². The van der Waals surface area contributed by atoms with E-state index in [2.05, 4.69) is 9.97 Å². The van der Waals surface area contributed by atoms with E-state index in [1.165, 1.54) is 16.7 Å². The van der Waals surface area contributed by atoms with Gasteiger partial charge in [0, 0.05) is 17.0 Å². The van der Waals surface area contributed by atoms with Crippen molar-refractivity contribution in [2.24, 2.45) is 0 Å². The predicted octanol–water partition coefficient (Wildman–Crippen LogP) is 2.65. The largest absolute Gasteiger partial charge is 0.476 e. The van der Waals surface area contributed by atoms with Crippen molar-refractivity contribution < 1.29 is 14.3 Å². The smallest absolute Gasteiger partial charge is 0.355 e. The number of hydrogen-bond acceptors (Lipinski definition) is 5. The summed E-state index contributed by atoms with van der Waals surface area (Å²) in [5, 5.41) is 11.8. The summed E-state index contributed by atoms with van der Waals surface area (Å²) in [6, 6.07) is 3.65. The monoisotopic (exact) mass is 246 g/mol. The molecule has 0 atom stereocenters. The van der Waals surface area contributed by atoms with Crippen LogP contribution >= 0.6 is 11.3 Å². The Balaban J connectivity index is 2.10. The van der Waals surface area contributed by atoms with Gasteiger partial charge in [-0.2, -0.15) is 0 Å². The molecule has 0 spiro atoms. The van der Waals surface area contributed by atoms with Gasteiger partial charge in [-0.25, -0.2) is 9.78 Å². The Morgan fingerprint density at radius 3 is 3.06 bits per heavy atom. The van der Waals surface area contributed by atoms with Gasteiger partial charge >= 0.3 is 5.97 Å². The molecule has 0 saturated carbocycles. The molecule has 3 aromatic heterocycles. The number of nitrogens with zero attached hydrogens (tertiary/aromatic N) is 2. The highest BCUT2D eigenvalue weighted by Crippen LogP contribution is 2.29. The lowest BCUT2D eigenvalue weighted by atomic mass is 10.3. The van der Waals surface area contributed by atoms with E-state index < -0.39 is 5.97 Å². The minimum absolute atomic E-state index is 0.0311. The first-order valence-corrected chi connectivity index (χ1v) is 5.65. The summed E-state index contributed by atoms with van der Waals surface area (Å²) in [5.74, 6) is -0.476. The number of carbonyl (C=O) groups is 1. The maximum Gasteiger partial charge on any atom is 0.355 e. The first-order chi connectivity index (χ1) is 8.24. The van der Waals surface area contributed by atoms with E-state index in [1.54, 1.807) is 12.4 Å². The molecule has 0 amide bonds. The Bertz CT molecular complexity index is 668. The lowest BCUT2D eigenvalue weighted by Crippen LogP contribution is -1.95. The molecule has 0 unspecified atom stereocenters. The van der Waals surface area contributed by atoms with E-state index in [0.717, 1.165) is 5.39 Å². The molecule has 6 heteroatoms. The standard InChI is InChI=1S/C11H6N2O3S/c14-11(15)7-5-17-10(13-7)8-3-6-1-2-12-4-9(6)16-8/h1-5H,(H,14,15). The summed E-state index contributed by atoms with van der Waals surface area (Å²) in [6.45, 7) is 0. The zero-order chi connectivity index (χ0) is 11.8. The lowest BCUT2D eigenvalue weighted by Gasteiger charge is -1.86. The highest BCUT2D eigenvalue weighted by Gasteiger charge is 2.13. The number of carboxylic acid groups (broad SMARTS) is 1. The van der Waals surface area contributed by atoms with Crippen LogP contribution in [0.2, 0.25) is 0 Å². The number of rotatable bonds is 2. The van der Waals surface area contributed by atoms with Gasteiger partial charge in [-0.15, -0.1) is 11.3 Å². The highest BCUT2D eigenvalue weighted by molar-refractivity contribution is 7.13. The molecule has 0 fully saturated rings. The highest BCUT2D eigenvalue weighted by atomic mass is 32.1. The lowest BCUT2D eigenvalue weighted by molar-refractivity contribution is 0.0691. The molecule has 84 valence electrons. The van der Waals surface area contributed by atoms with Gasteiger partial charge in [-0.3, -0.25) is 4.98 Å². The summed E-state index contributed by atoms with van der Waals surface area (Å²) >= 11 is 1.24. The summed E-state index contributed by atoms with van der Waals surface area (Å²) in [4.78, 5) is 18.6. The molecular weight excluding hydrogens is 240 g/mol. The zero-order valence-electron chi connectivity index (χ0n) is 8.45. The molecule has 3 rings (SSSR count). The van der Waals surface area contributed by atoms with Gasteiger partial charge in [0.25, 0.3) is 0 Å². The van der Waals surface area contributed by atoms with Gasteiger partial charge in [-0.05, 0) is 12.1 Å². The van der Waals surface area contributed by atoms with E-state index >= 15 is 0 Å². The number of thiazole rings is 1. The molecule has 0 aliphatic rings. The zero-order valence-corrected chi connectivity index (χ0v) is 9.27. The van der Waals surface area contributed by atoms with Crippen molar-refractivity contribution in [2.75, 3.05) is 0 Å². The summed E-state index contributed by atoms with van der Waals surface area (Å²) < 4.78 is 5.54. The second kappa shape index (κ2) is 3.67. The van der Waals surface area contributed by atoms with Crippen LogP contribution in [0.5, 0.6) is 0 Å². The molecule has 0 saturated heterocycles. The van der Waals surface area contributed by atoms with Crippen molar-refractivity contribution in [2.45, 2.75) is 0 Å². The summed E-state index contributed by atoms with van der Waals surface area (Å²) in [6.07, 6.45) is 3.29. The van der Waals surface area contributed by atoms with E-state index in [-0.39, 0.29) is 5.69 Å². The van der Waals surface area contributed by atoms with Crippen LogP contribution in [0.3, 0.4) is 0 Å². The number of fused-ring (bicyclic) bond motifs is 1. The van der Waals surface area contributed by atoms with Crippen molar-refractivity contribution >= 4 is 28.3 Å². The summed E-state index contributed by atoms with van der Waals surface area (Å²) in [7, 11) is 0. The topological polar surface area (TPSA) is 76.2 Å². The predicted molar refractivity (Wildman–Crippen MR) is 62.1 cm³/mol. The Kier molecular flexibility index (Phi) is 2.15. The normalized spacial score (nSPS) is 10.8. The van der Waals surface area contributed by atoms with Crippen LogP contribution in [0.25, 0.3) is 21.7 Å². The Morgan fingerprint density at radius 1 is 1.47 bits per heavy atom. The van der Waals surface area contributed by atoms with Gasteiger partial charge in [0.15, 0.2) is 22.0 Å². The molecule has 0 aliphatic carbocycles. The average Bonchev–Trinajstić information content (AvgIpc) is 2.95. The molecule has 0 bridgehead atoms. The van der Waals surface area contributed by atoms with Gasteiger partial charge in [0.05, 0.1) is 6.20 Å². The molecule has 1 N–H and O–H groups in total. The molecule has 0 aliphatic heterocycles. The third-order valence-corrected chi connectivity index (χ3v) is 3.11. The number of aromatic carboxylic acids is 1. The van der Waals surface area contributed by atoms with Crippen LogP contribution in [0.15, 0.2) is 34.3 Å². The number of aromatic nitrogens is 2. The number of furan rings is 1. The van der Waals surface area contributed by atoms with Crippen LogP contribution in [-0.4, -0.2) is 21.0 Å². The maximum absolute atomic E-state index is 10.7. The summed E-state index contributed by atoms with van der Waals surface area (Å²) in [5.41, 5.74) is 0.693. The minimum Gasteiger partial charge on any atom is -0.476 e. The number of pyridine rings is 1. The number of carboxylic acids is 1. The quantitative estimate of drug-likeness (QED) is 0.752. The molecule has 3 aromatic rings. The Hall–Kier alpha value is -2.21. The molecule has 0 radical (unpaired) electrons. The molecule has 5 nitrogen and oxygen atoms in total.